The molecule has 0 aliphatic carbocycles. The topological polar surface area (TPSA) is 89.3 Å². The van der Waals surface area contributed by atoms with E-state index in [0.29, 0.717) is 4.47 Å². The molecule has 0 atom stereocenters. The van der Waals surface area contributed by atoms with Crippen molar-refractivity contribution >= 4 is 31.6 Å². The Kier molecular flexibility index (Phi) is 4.35. The van der Waals surface area contributed by atoms with E-state index in [-0.39, 0.29) is 0 Å². The van der Waals surface area contributed by atoms with E-state index in [1.165, 1.54) is 19.9 Å². The van der Waals surface area contributed by atoms with Crippen molar-refractivity contribution in [2.75, 3.05) is 0 Å². The largest absolute Gasteiger partial charge is 0.289 e. The Morgan fingerprint density at radius 1 is 1.47 bits per heavy atom. The lowest BCUT2D eigenvalue weighted by Gasteiger charge is -2.19. The van der Waals surface area contributed by atoms with Gasteiger partial charge < -0.3 is 0 Å². The van der Waals surface area contributed by atoms with E-state index in [1.54, 1.807) is 0 Å². The van der Waals surface area contributed by atoms with Crippen LogP contribution in [-0.2, 0) is 10.0 Å². The summed E-state index contributed by atoms with van der Waals surface area (Å²) in [5.74, 6) is 2.26. The van der Waals surface area contributed by atoms with Crippen molar-refractivity contribution in [1.29, 1.82) is 0 Å². The highest BCUT2D eigenvalue weighted by atomic mass is 79.9. The number of benzene rings is 1. The van der Waals surface area contributed by atoms with Crippen LogP contribution in [0, 0.1) is 22.5 Å². The molecule has 0 saturated carbocycles. The third-order valence-electron chi connectivity index (χ3n) is 2.16. The average molecular weight is 347 g/mol. The molecule has 1 N–H and O–H groups in total. The van der Waals surface area contributed by atoms with E-state index < -0.39 is 31.1 Å². The molecule has 0 saturated heterocycles. The van der Waals surface area contributed by atoms with E-state index in [0.717, 1.165) is 12.1 Å². The first-order valence-corrected chi connectivity index (χ1v) is 7.32. The summed E-state index contributed by atoms with van der Waals surface area (Å²) in [6.45, 7) is 2.96. The third kappa shape index (κ3) is 3.76. The quantitative estimate of drug-likeness (QED) is 0.513. The first-order valence-electron chi connectivity index (χ1n) is 5.05. The van der Waals surface area contributed by atoms with Gasteiger partial charge in [0, 0.05) is 10.5 Å². The highest BCUT2D eigenvalue weighted by Crippen LogP contribution is 2.27. The summed E-state index contributed by atoms with van der Waals surface area (Å²) in [5.41, 5.74) is -1.65. The summed E-state index contributed by atoms with van der Waals surface area (Å²) in [6, 6.07) is 3.66. The molecule has 6 nitrogen and oxygen atoms in total. The van der Waals surface area contributed by atoms with Crippen molar-refractivity contribution in [3.05, 3.63) is 32.8 Å². The van der Waals surface area contributed by atoms with Crippen LogP contribution in [0.1, 0.15) is 13.8 Å². The van der Waals surface area contributed by atoms with Crippen LogP contribution in [0.5, 0.6) is 0 Å². The second-order valence-electron chi connectivity index (χ2n) is 4.24. The standard InChI is InChI=1S/C11H11BrN2O4S/c1-4-11(2,3)13-19(17,18)10-7-8(12)5-6-9(10)14(15)16/h1,5-7,13H,2-3H3. The van der Waals surface area contributed by atoms with Crippen molar-refractivity contribution < 1.29 is 13.3 Å². The van der Waals surface area contributed by atoms with E-state index in [9.17, 15) is 18.5 Å². The third-order valence-corrected chi connectivity index (χ3v) is 4.34. The molecular formula is C11H11BrN2O4S. The maximum absolute atomic E-state index is 12.2. The zero-order chi connectivity index (χ0) is 14.8. The van der Waals surface area contributed by atoms with Gasteiger partial charge in [-0.2, -0.15) is 4.72 Å². The molecule has 0 aromatic heterocycles. The fourth-order valence-corrected chi connectivity index (χ4v) is 3.33. The van der Waals surface area contributed by atoms with Gasteiger partial charge in [0.05, 0.1) is 10.5 Å². The average Bonchev–Trinajstić information content (AvgIpc) is 2.27. The second kappa shape index (κ2) is 5.28. The van der Waals surface area contributed by atoms with E-state index in [1.807, 2.05) is 0 Å². The van der Waals surface area contributed by atoms with Crippen LogP contribution >= 0.6 is 15.9 Å². The van der Waals surface area contributed by atoms with Gasteiger partial charge in [0.15, 0.2) is 4.90 Å². The van der Waals surface area contributed by atoms with Crippen molar-refractivity contribution in [2.45, 2.75) is 24.3 Å². The molecule has 1 rings (SSSR count). The number of nitro groups is 1. The molecule has 0 heterocycles. The predicted molar refractivity (Wildman–Crippen MR) is 74.0 cm³/mol. The van der Waals surface area contributed by atoms with Gasteiger partial charge in [0.1, 0.15) is 0 Å². The van der Waals surface area contributed by atoms with Crippen LogP contribution in [0.15, 0.2) is 27.6 Å². The van der Waals surface area contributed by atoms with Crippen LogP contribution in [-0.4, -0.2) is 18.9 Å². The van der Waals surface area contributed by atoms with Gasteiger partial charge >= 0.3 is 0 Å². The minimum atomic E-state index is -4.09. The molecule has 0 fully saturated rings. The van der Waals surface area contributed by atoms with Crippen molar-refractivity contribution in [3.63, 3.8) is 0 Å². The second-order valence-corrected chi connectivity index (χ2v) is 6.81. The summed E-state index contributed by atoms with van der Waals surface area (Å²) in [6.07, 6.45) is 5.20. The highest BCUT2D eigenvalue weighted by molar-refractivity contribution is 9.10. The Morgan fingerprint density at radius 3 is 2.53 bits per heavy atom. The Labute approximate surface area is 119 Å². The molecule has 0 aliphatic heterocycles. The number of nitro benzene ring substituents is 1. The normalized spacial score (nSPS) is 11.9. The van der Waals surface area contributed by atoms with Crippen LogP contribution in [0.3, 0.4) is 0 Å². The van der Waals surface area contributed by atoms with Crippen LogP contribution in [0.4, 0.5) is 5.69 Å². The number of hydrogen-bond donors (Lipinski definition) is 1. The summed E-state index contributed by atoms with van der Waals surface area (Å²) < 4.78 is 27.0. The first-order chi connectivity index (χ1) is 8.59. The van der Waals surface area contributed by atoms with E-state index in [4.69, 9.17) is 6.42 Å². The minimum Gasteiger partial charge on any atom is -0.258 e. The molecular weight excluding hydrogens is 336 g/mol. The number of terminal acetylenes is 1. The zero-order valence-corrected chi connectivity index (χ0v) is 12.6. The monoisotopic (exact) mass is 346 g/mol. The SMILES string of the molecule is C#CC(C)(C)NS(=O)(=O)c1cc(Br)ccc1[N+](=O)[O-]. The van der Waals surface area contributed by atoms with Gasteiger partial charge in [-0.1, -0.05) is 21.9 Å². The lowest BCUT2D eigenvalue weighted by atomic mass is 10.1. The van der Waals surface area contributed by atoms with Crippen molar-refractivity contribution in [3.8, 4) is 12.3 Å². The van der Waals surface area contributed by atoms with Crippen LogP contribution < -0.4 is 4.72 Å². The van der Waals surface area contributed by atoms with Gasteiger partial charge in [-0.05, 0) is 26.0 Å². The maximum Gasteiger partial charge on any atom is 0.289 e. The predicted octanol–water partition coefficient (Wildman–Crippen LogP) is 2.05. The maximum atomic E-state index is 12.2. The Morgan fingerprint density at radius 2 is 2.05 bits per heavy atom. The molecule has 0 amide bonds. The van der Waals surface area contributed by atoms with Gasteiger partial charge in [0.25, 0.3) is 5.69 Å². The molecule has 0 radical (unpaired) electrons. The molecule has 1 aromatic carbocycles. The Balaban J connectivity index is 3.41. The van der Waals surface area contributed by atoms with E-state index >= 15 is 0 Å². The lowest BCUT2D eigenvalue weighted by Crippen LogP contribution is -2.42. The molecule has 0 spiro atoms. The van der Waals surface area contributed by atoms with Crippen molar-refractivity contribution in [1.82, 2.24) is 4.72 Å². The molecule has 0 aliphatic rings. The number of nitrogens with zero attached hydrogens (tertiary/aromatic N) is 1. The Bertz CT molecular complexity index is 662. The number of halogens is 1. The first kappa shape index (κ1) is 15.6. The van der Waals surface area contributed by atoms with Crippen molar-refractivity contribution in [2.24, 2.45) is 0 Å². The zero-order valence-electron chi connectivity index (χ0n) is 10.2. The summed E-state index contributed by atoms with van der Waals surface area (Å²) in [4.78, 5) is 9.68. The van der Waals surface area contributed by atoms with Gasteiger partial charge in [-0.15, -0.1) is 6.42 Å². The Hall–Kier alpha value is -1.43. The van der Waals surface area contributed by atoms with Crippen LogP contribution in [0.2, 0.25) is 0 Å². The number of hydrogen-bond acceptors (Lipinski definition) is 4. The molecule has 1 aromatic rings. The molecule has 8 heteroatoms. The summed E-state index contributed by atoms with van der Waals surface area (Å²) in [5, 5.41) is 10.9. The minimum absolute atomic E-state index is 0.414. The summed E-state index contributed by atoms with van der Waals surface area (Å²) >= 11 is 3.08. The van der Waals surface area contributed by atoms with Gasteiger partial charge in [-0.3, -0.25) is 10.1 Å². The highest BCUT2D eigenvalue weighted by Gasteiger charge is 2.30. The molecule has 102 valence electrons. The van der Waals surface area contributed by atoms with Crippen LogP contribution in [0.25, 0.3) is 0 Å². The lowest BCUT2D eigenvalue weighted by molar-refractivity contribution is -0.387. The fraction of sp³-hybridized carbons (Fsp3) is 0.273. The molecule has 0 unspecified atom stereocenters. The molecule has 19 heavy (non-hydrogen) atoms. The number of sulfonamides is 1. The number of nitrogens with one attached hydrogen (secondary N) is 1. The summed E-state index contributed by atoms with van der Waals surface area (Å²) in [7, 11) is -4.09. The number of rotatable bonds is 4. The van der Waals surface area contributed by atoms with Gasteiger partial charge in [-0.25, -0.2) is 8.42 Å². The smallest absolute Gasteiger partial charge is 0.258 e. The van der Waals surface area contributed by atoms with E-state index in [2.05, 4.69) is 26.6 Å². The molecule has 0 bridgehead atoms. The fourth-order valence-electron chi connectivity index (χ4n) is 1.27. The van der Waals surface area contributed by atoms with Gasteiger partial charge in [0.2, 0.25) is 10.0 Å².